The quantitative estimate of drug-likeness (QED) is 0.0208. The van der Waals surface area contributed by atoms with E-state index in [1.54, 1.807) is 0 Å². The molecule has 0 aliphatic carbocycles. The van der Waals surface area contributed by atoms with E-state index in [4.69, 9.17) is 10.2 Å². The number of carboxylic acids is 2. The van der Waals surface area contributed by atoms with Gasteiger partial charge in [0.2, 0.25) is 11.2 Å². The van der Waals surface area contributed by atoms with Crippen molar-refractivity contribution in [1.29, 1.82) is 0 Å². The molecule has 88 heavy (non-hydrogen) atoms. The molecule has 0 aromatic carbocycles. The van der Waals surface area contributed by atoms with Crippen LogP contribution in [0.4, 0.5) is 0 Å². The van der Waals surface area contributed by atoms with Gasteiger partial charge in [0.1, 0.15) is 12.2 Å². The highest BCUT2D eigenvalue weighted by atomic mass is 16.4. The third-order valence-electron chi connectivity index (χ3n) is 17.6. The number of aliphatic hydroxyl groups excluding tert-OH is 4. The maximum atomic E-state index is 12.8. The van der Waals surface area contributed by atoms with Crippen molar-refractivity contribution in [2.45, 2.75) is 424 Å². The van der Waals surface area contributed by atoms with Crippen LogP contribution < -0.4 is 0 Å². The Labute approximate surface area is 539 Å². The average Bonchev–Trinajstić information content (AvgIpc) is 1.05. The lowest BCUT2D eigenvalue weighted by Gasteiger charge is -2.29. The zero-order valence-electron chi connectivity index (χ0n) is 57.6. The molecule has 522 valence electrons. The molecule has 0 spiro atoms. The Morgan fingerprint density at radius 2 is 0.364 bits per heavy atom. The number of aliphatic carboxylic acids is 2. The summed E-state index contributed by atoms with van der Waals surface area (Å²) in [7, 11) is 0. The van der Waals surface area contributed by atoms with Gasteiger partial charge < -0.3 is 40.9 Å². The van der Waals surface area contributed by atoms with E-state index >= 15 is 0 Å². The fourth-order valence-corrected chi connectivity index (χ4v) is 11.5. The molecule has 0 heterocycles. The van der Waals surface area contributed by atoms with Crippen molar-refractivity contribution in [2.75, 3.05) is 13.2 Å². The number of carboxylic acid groups (broad SMARTS) is 2. The topological polar surface area (TPSA) is 264 Å². The fraction of sp³-hybridized carbons (Fsp3) is 0.919. The number of hydrogen-bond acceptors (Lipinski definition) is 12. The SMILES string of the molecule is CCCCCCCCCCCCCCCCCC(=O)C(O)(C(=O)CCCCCCCCCCCCC)C(O)CO.CCCCCCCCCCCCCCCCCC(=O)C(O)(C(=O)CCCCCCCCCCCCC)C(O)CO.O=C(O)CCC(=O)O. The molecule has 4 unspecified atom stereocenters. The van der Waals surface area contributed by atoms with Gasteiger partial charge in [-0.2, -0.15) is 0 Å². The van der Waals surface area contributed by atoms with E-state index in [1.807, 2.05) is 0 Å². The average molecular weight is 1260 g/mol. The number of carbonyl (C=O) groups is 6. The van der Waals surface area contributed by atoms with Gasteiger partial charge in [0.15, 0.2) is 23.1 Å². The normalized spacial score (nSPS) is 13.3. The van der Waals surface area contributed by atoms with E-state index in [1.165, 1.54) is 231 Å². The number of carbonyl (C=O) groups excluding carboxylic acids is 4. The van der Waals surface area contributed by atoms with Gasteiger partial charge in [0.05, 0.1) is 26.1 Å². The number of Topliss-reactive ketones (excluding diaryl/α,β-unsaturated/α-hetero) is 4. The molecule has 0 aromatic heterocycles. The van der Waals surface area contributed by atoms with E-state index < -0.39 is 71.7 Å². The molecule has 0 aliphatic heterocycles. The van der Waals surface area contributed by atoms with Crippen LogP contribution in [-0.2, 0) is 28.8 Å². The Bertz CT molecular complexity index is 1480. The van der Waals surface area contributed by atoms with E-state index in [-0.39, 0.29) is 38.5 Å². The summed E-state index contributed by atoms with van der Waals surface area (Å²) in [5.74, 6) is -4.72. The van der Waals surface area contributed by atoms with E-state index in [9.17, 15) is 59.4 Å². The minimum absolute atomic E-state index is 0.0647. The van der Waals surface area contributed by atoms with Crippen LogP contribution in [-0.4, -0.2) is 113 Å². The predicted molar refractivity (Wildman–Crippen MR) is 362 cm³/mol. The van der Waals surface area contributed by atoms with Crippen LogP contribution in [0.15, 0.2) is 0 Å². The highest BCUT2D eigenvalue weighted by Crippen LogP contribution is 2.25. The highest BCUT2D eigenvalue weighted by molar-refractivity contribution is 6.11. The van der Waals surface area contributed by atoms with Gasteiger partial charge in [0, 0.05) is 25.7 Å². The Kier molecular flexibility index (Phi) is 68.5. The second-order valence-corrected chi connectivity index (χ2v) is 25.9. The maximum Gasteiger partial charge on any atom is 0.303 e. The van der Waals surface area contributed by atoms with E-state index in [2.05, 4.69) is 27.7 Å². The van der Waals surface area contributed by atoms with Crippen molar-refractivity contribution in [1.82, 2.24) is 0 Å². The van der Waals surface area contributed by atoms with Crippen LogP contribution in [0.5, 0.6) is 0 Å². The van der Waals surface area contributed by atoms with Crippen molar-refractivity contribution in [2.24, 2.45) is 0 Å². The molecule has 0 aromatic rings. The number of aliphatic hydroxyl groups is 6. The molecule has 8 N–H and O–H groups in total. The van der Waals surface area contributed by atoms with Gasteiger partial charge >= 0.3 is 11.9 Å². The summed E-state index contributed by atoms with van der Waals surface area (Å²) in [4.78, 5) is 70.5. The minimum Gasteiger partial charge on any atom is -0.481 e. The largest absolute Gasteiger partial charge is 0.481 e. The van der Waals surface area contributed by atoms with Crippen LogP contribution in [0.25, 0.3) is 0 Å². The summed E-state index contributed by atoms with van der Waals surface area (Å²) in [5.41, 5.74) is -4.94. The molecular formula is C74H142O14. The molecule has 0 saturated heterocycles. The fourth-order valence-electron chi connectivity index (χ4n) is 11.5. The molecule has 14 heteroatoms. The summed E-state index contributed by atoms with van der Waals surface area (Å²) >= 11 is 0. The van der Waals surface area contributed by atoms with Gasteiger partial charge in [-0.25, -0.2) is 0 Å². The molecule has 0 saturated carbocycles. The van der Waals surface area contributed by atoms with E-state index in [0.717, 1.165) is 77.0 Å². The predicted octanol–water partition coefficient (Wildman–Crippen LogP) is 18.3. The molecule has 0 rings (SSSR count). The number of hydrogen-bond donors (Lipinski definition) is 8. The van der Waals surface area contributed by atoms with Crippen molar-refractivity contribution >= 4 is 35.1 Å². The first-order valence-electron chi connectivity index (χ1n) is 37.1. The van der Waals surface area contributed by atoms with Gasteiger partial charge in [-0.05, 0) is 25.7 Å². The second kappa shape index (κ2) is 67.3. The molecule has 0 amide bonds. The maximum absolute atomic E-state index is 12.8. The van der Waals surface area contributed by atoms with Crippen LogP contribution in [0.2, 0.25) is 0 Å². The smallest absolute Gasteiger partial charge is 0.303 e. The number of rotatable bonds is 67. The summed E-state index contributed by atoms with van der Waals surface area (Å²) in [6.45, 7) is 7.37. The molecule has 0 aliphatic rings. The zero-order chi connectivity index (χ0) is 66.0. The zero-order valence-corrected chi connectivity index (χ0v) is 57.6. The third-order valence-corrected chi connectivity index (χ3v) is 17.6. The Balaban J connectivity index is -0.00000146. The van der Waals surface area contributed by atoms with Crippen molar-refractivity contribution in [3.63, 3.8) is 0 Å². The first kappa shape index (κ1) is 89.6. The Hall–Kier alpha value is -2.62. The van der Waals surface area contributed by atoms with Crippen molar-refractivity contribution < 1.29 is 69.6 Å². The summed E-state index contributed by atoms with van der Waals surface area (Å²) in [6, 6.07) is 0. The summed E-state index contributed by atoms with van der Waals surface area (Å²) < 4.78 is 0. The Morgan fingerprint density at radius 1 is 0.239 bits per heavy atom. The number of unbranched alkanes of at least 4 members (excludes halogenated alkanes) is 48. The third kappa shape index (κ3) is 54.0. The van der Waals surface area contributed by atoms with Gasteiger partial charge in [-0.3, -0.25) is 28.8 Å². The van der Waals surface area contributed by atoms with Gasteiger partial charge in [0.25, 0.3) is 0 Å². The summed E-state index contributed by atoms with van der Waals surface area (Å²) in [5, 5.41) is 76.8. The van der Waals surface area contributed by atoms with Crippen LogP contribution >= 0.6 is 0 Å². The Morgan fingerprint density at radius 3 is 0.477 bits per heavy atom. The minimum atomic E-state index is -2.47. The molecule has 0 bridgehead atoms. The molecule has 0 fully saturated rings. The highest BCUT2D eigenvalue weighted by Gasteiger charge is 2.49. The monoisotopic (exact) mass is 1260 g/mol. The molecule has 0 radical (unpaired) electrons. The number of ketones is 4. The standard InChI is InChI=1S/2C35H68O5.C4H6O4/c2*1-3-5-7-9-11-13-15-16-17-18-20-22-24-26-28-30-33(38)35(40,34(39)31-36)32(37)29-27-25-23-21-19-14-12-10-8-6-4-2;5-3(6)1-2-4(7)8/h2*34,36,39-40H,3-31H2,1-2H3;1-2H2,(H,5,6)(H,7,8). The first-order chi connectivity index (χ1) is 42.5. The van der Waals surface area contributed by atoms with Crippen LogP contribution in [0.1, 0.15) is 400 Å². The summed E-state index contributed by atoms with van der Waals surface area (Å²) in [6.07, 6.45) is 58.2. The van der Waals surface area contributed by atoms with Crippen LogP contribution in [0, 0.1) is 0 Å². The lowest BCUT2D eigenvalue weighted by Crippen LogP contribution is -2.57. The molecular weight excluding hydrogens is 1110 g/mol. The van der Waals surface area contributed by atoms with Crippen molar-refractivity contribution in [3.05, 3.63) is 0 Å². The first-order valence-corrected chi connectivity index (χ1v) is 37.1. The lowest BCUT2D eigenvalue weighted by atomic mass is 9.82. The lowest BCUT2D eigenvalue weighted by molar-refractivity contribution is -0.167. The van der Waals surface area contributed by atoms with Crippen LogP contribution in [0.3, 0.4) is 0 Å². The second-order valence-electron chi connectivity index (χ2n) is 25.9. The van der Waals surface area contributed by atoms with Gasteiger partial charge in [-0.15, -0.1) is 0 Å². The van der Waals surface area contributed by atoms with Crippen molar-refractivity contribution in [3.8, 4) is 0 Å². The molecule has 4 atom stereocenters. The van der Waals surface area contributed by atoms with E-state index in [0.29, 0.717) is 25.7 Å². The molecule has 14 nitrogen and oxygen atoms in total. The van der Waals surface area contributed by atoms with Gasteiger partial charge in [-0.1, -0.05) is 336 Å².